The summed E-state index contributed by atoms with van der Waals surface area (Å²) in [4.78, 5) is 27.3. The minimum atomic E-state index is -0.134. The summed E-state index contributed by atoms with van der Waals surface area (Å²) in [5.41, 5.74) is 0.899. The van der Waals surface area contributed by atoms with Crippen LogP contribution in [0.2, 0.25) is 0 Å². The lowest BCUT2D eigenvalue weighted by molar-refractivity contribution is -0.136. The molecule has 0 saturated carbocycles. The first kappa shape index (κ1) is 23.1. The summed E-state index contributed by atoms with van der Waals surface area (Å²) in [5, 5.41) is 11.8. The summed E-state index contributed by atoms with van der Waals surface area (Å²) in [5.74, 6) is 0.972. The Balaban J connectivity index is 1.58. The number of aromatic nitrogens is 3. The van der Waals surface area contributed by atoms with E-state index in [-0.39, 0.29) is 29.5 Å². The van der Waals surface area contributed by atoms with E-state index in [1.54, 1.807) is 13.4 Å². The van der Waals surface area contributed by atoms with Gasteiger partial charge in [0.2, 0.25) is 11.8 Å². The Hall–Kier alpha value is -2.55. The van der Waals surface area contributed by atoms with Gasteiger partial charge in [-0.3, -0.25) is 14.2 Å². The Morgan fingerprint density at radius 3 is 2.74 bits per heavy atom. The first-order valence-corrected chi connectivity index (χ1v) is 11.8. The molecule has 3 rings (SSSR count). The fourth-order valence-corrected chi connectivity index (χ4v) is 4.47. The maximum absolute atomic E-state index is 13.0. The molecule has 0 spiro atoms. The standard InChI is InChI=1S/C22H31N5O3S/c1-4-5-12-23-21(29)17-7-6-16(2)26(13-17)20(28)14-31-22-25-24-15-27(22)18-8-10-19(30-3)11-9-18/h8-11,15-17H,4-7,12-14H2,1-3H3,(H,23,29). The molecule has 2 aromatic rings. The quantitative estimate of drug-likeness (QED) is 0.472. The predicted octanol–water partition coefficient (Wildman–Crippen LogP) is 2.91. The molecular formula is C22H31N5O3S. The van der Waals surface area contributed by atoms with Gasteiger partial charge in [-0.1, -0.05) is 25.1 Å². The fraction of sp³-hybridized carbons (Fsp3) is 0.545. The van der Waals surface area contributed by atoms with Gasteiger partial charge in [-0.15, -0.1) is 10.2 Å². The Kier molecular flexibility index (Phi) is 8.34. The van der Waals surface area contributed by atoms with E-state index in [1.165, 1.54) is 11.8 Å². The van der Waals surface area contributed by atoms with E-state index in [0.29, 0.717) is 18.2 Å². The number of unbranched alkanes of at least 4 members (excludes halogenated alkanes) is 1. The number of likely N-dealkylation sites (tertiary alicyclic amines) is 1. The van der Waals surface area contributed by atoms with Crippen molar-refractivity contribution in [3.63, 3.8) is 0 Å². The third kappa shape index (κ3) is 6.00. The number of ether oxygens (including phenoxy) is 1. The highest BCUT2D eigenvalue weighted by molar-refractivity contribution is 7.99. The summed E-state index contributed by atoms with van der Waals surface area (Å²) in [6.45, 7) is 5.32. The lowest BCUT2D eigenvalue weighted by atomic mass is 9.92. The van der Waals surface area contributed by atoms with Crippen molar-refractivity contribution in [2.24, 2.45) is 5.92 Å². The molecular weight excluding hydrogens is 414 g/mol. The second-order valence-corrected chi connectivity index (χ2v) is 8.73. The van der Waals surface area contributed by atoms with Crippen LogP contribution in [-0.2, 0) is 9.59 Å². The molecule has 1 saturated heterocycles. The van der Waals surface area contributed by atoms with E-state index < -0.39 is 0 Å². The van der Waals surface area contributed by atoms with Gasteiger partial charge in [0, 0.05) is 24.8 Å². The van der Waals surface area contributed by atoms with Crippen LogP contribution in [0.3, 0.4) is 0 Å². The number of rotatable bonds is 9. The Morgan fingerprint density at radius 2 is 2.03 bits per heavy atom. The van der Waals surface area contributed by atoms with E-state index >= 15 is 0 Å². The summed E-state index contributed by atoms with van der Waals surface area (Å²) >= 11 is 1.36. The molecule has 2 unspecified atom stereocenters. The number of hydrogen-bond acceptors (Lipinski definition) is 6. The minimum Gasteiger partial charge on any atom is -0.497 e. The molecule has 1 aromatic heterocycles. The molecule has 2 heterocycles. The van der Waals surface area contributed by atoms with Crippen molar-refractivity contribution in [3.8, 4) is 11.4 Å². The van der Waals surface area contributed by atoms with Crippen LogP contribution in [0.15, 0.2) is 35.7 Å². The third-order valence-corrected chi connectivity index (χ3v) is 6.52. The number of carbonyl (C=O) groups excluding carboxylic acids is 2. The summed E-state index contributed by atoms with van der Waals surface area (Å²) in [6.07, 6.45) is 5.31. The van der Waals surface area contributed by atoms with Crippen molar-refractivity contribution in [2.45, 2.75) is 50.7 Å². The van der Waals surface area contributed by atoms with Crippen LogP contribution in [0, 0.1) is 5.92 Å². The maximum Gasteiger partial charge on any atom is 0.233 e. The second-order valence-electron chi connectivity index (χ2n) is 7.78. The van der Waals surface area contributed by atoms with Crippen LogP contribution in [0.25, 0.3) is 5.69 Å². The number of nitrogens with zero attached hydrogens (tertiary/aromatic N) is 4. The average molecular weight is 446 g/mol. The summed E-state index contributed by atoms with van der Waals surface area (Å²) < 4.78 is 7.05. The molecule has 1 aliphatic heterocycles. The van der Waals surface area contributed by atoms with E-state index in [1.807, 2.05) is 40.7 Å². The first-order valence-electron chi connectivity index (χ1n) is 10.8. The van der Waals surface area contributed by atoms with Gasteiger partial charge in [0.1, 0.15) is 12.1 Å². The molecule has 0 radical (unpaired) electrons. The highest BCUT2D eigenvalue weighted by atomic mass is 32.2. The van der Waals surface area contributed by atoms with Crippen molar-refractivity contribution in [3.05, 3.63) is 30.6 Å². The molecule has 2 amide bonds. The van der Waals surface area contributed by atoms with Gasteiger partial charge in [0.15, 0.2) is 5.16 Å². The number of hydrogen-bond donors (Lipinski definition) is 1. The summed E-state index contributed by atoms with van der Waals surface area (Å²) in [7, 11) is 1.63. The van der Waals surface area contributed by atoms with E-state index in [2.05, 4.69) is 22.4 Å². The molecule has 1 aromatic carbocycles. The van der Waals surface area contributed by atoms with Gasteiger partial charge in [-0.05, 0) is 50.5 Å². The van der Waals surface area contributed by atoms with Gasteiger partial charge >= 0.3 is 0 Å². The highest BCUT2D eigenvalue weighted by Gasteiger charge is 2.32. The average Bonchev–Trinajstić information content (AvgIpc) is 3.26. The van der Waals surface area contributed by atoms with Gasteiger partial charge in [0.05, 0.1) is 18.8 Å². The zero-order valence-electron chi connectivity index (χ0n) is 18.4. The van der Waals surface area contributed by atoms with Crippen LogP contribution in [0.1, 0.15) is 39.5 Å². The third-order valence-electron chi connectivity index (χ3n) is 5.59. The fourth-order valence-electron chi connectivity index (χ4n) is 3.65. The number of nitrogens with one attached hydrogen (secondary N) is 1. The first-order chi connectivity index (χ1) is 15.0. The van der Waals surface area contributed by atoms with Gasteiger partial charge in [0.25, 0.3) is 0 Å². The number of methoxy groups -OCH3 is 1. The molecule has 9 heteroatoms. The smallest absolute Gasteiger partial charge is 0.233 e. The molecule has 2 atom stereocenters. The second kappa shape index (κ2) is 11.2. The molecule has 1 fully saturated rings. The molecule has 1 N–H and O–H groups in total. The molecule has 0 aliphatic carbocycles. The topological polar surface area (TPSA) is 89.4 Å². The zero-order chi connectivity index (χ0) is 22.2. The highest BCUT2D eigenvalue weighted by Crippen LogP contribution is 2.25. The molecule has 31 heavy (non-hydrogen) atoms. The normalized spacial score (nSPS) is 18.6. The SMILES string of the molecule is CCCCNC(=O)C1CCC(C)N(C(=O)CSc2nncn2-c2ccc(OC)cc2)C1. The van der Waals surface area contributed by atoms with Crippen LogP contribution < -0.4 is 10.1 Å². The number of amides is 2. The largest absolute Gasteiger partial charge is 0.497 e. The molecule has 8 nitrogen and oxygen atoms in total. The predicted molar refractivity (Wildman–Crippen MR) is 120 cm³/mol. The molecule has 168 valence electrons. The van der Waals surface area contributed by atoms with Crippen LogP contribution in [-0.4, -0.2) is 63.5 Å². The van der Waals surface area contributed by atoms with Crippen LogP contribution in [0.4, 0.5) is 0 Å². The number of benzene rings is 1. The van der Waals surface area contributed by atoms with Crippen molar-refractivity contribution in [1.29, 1.82) is 0 Å². The maximum atomic E-state index is 13.0. The molecule has 1 aliphatic rings. The van der Waals surface area contributed by atoms with Crippen LogP contribution in [0.5, 0.6) is 5.75 Å². The van der Waals surface area contributed by atoms with Crippen molar-refractivity contribution >= 4 is 23.6 Å². The monoisotopic (exact) mass is 445 g/mol. The lowest BCUT2D eigenvalue weighted by Gasteiger charge is -2.37. The van der Waals surface area contributed by atoms with Crippen molar-refractivity contribution < 1.29 is 14.3 Å². The number of piperidine rings is 1. The zero-order valence-corrected chi connectivity index (χ0v) is 19.2. The number of thioether (sulfide) groups is 1. The summed E-state index contributed by atoms with van der Waals surface area (Å²) in [6, 6.07) is 7.71. The van der Waals surface area contributed by atoms with Gasteiger partial charge in [-0.2, -0.15) is 0 Å². The van der Waals surface area contributed by atoms with Gasteiger partial charge in [-0.25, -0.2) is 0 Å². The Morgan fingerprint density at radius 1 is 1.26 bits per heavy atom. The lowest BCUT2D eigenvalue weighted by Crippen LogP contribution is -2.50. The number of carbonyl (C=O) groups is 2. The Bertz CT molecular complexity index is 870. The molecule has 0 bridgehead atoms. The van der Waals surface area contributed by atoms with Crippen molar-refractivity contribution in [1.82, 2.24) is 25.0 Å². The van der Waals surface area contributed by atoms with Crippen LogP contribution >= 0.6 is 11.8 Å². The van der Waals surface area contributed by atoms with E-state index in [0.717, 1.165) is 37.1 Å². The van der Waals surface area contributed by atoms with E-state index in [9.17, 15) is 9.59 Å². The van der Waals surface area contributed by atoms with Gasteiger partial charge < -0.3 is 15.0 Å². The van der Waals surface area contributed by atoms with Crippen molar-refractivity contribution in [2.75, 3.05) is 26.0 Å². The Labute approximate surface area is 187 Å². The minimum absolute atomic E-state index is 0.0211. The van der Waals surface area contributed by atoms with E-state index in [4.69, 9.17) is 4.74 Å².